The first kappa shape index (κ1) is 10.6. The molecule has 0 aromatic rings. The van der Waals surface area contributed by atoms with Gasteiger partial charge in [0.25, 0.3) is 0 Å². The molecule has 0 saturated carbocycles. The molecule has 0 aliphatic heterocycles. The van der Waals surface area contributed by atoms with Crippen LogP contribution < -0.4 is 0 Å². The summed E-state index contributed by atoms with van der Waals surface area (Å²) in [6, 6.07) is 0. The summed E-state index contributed by atoms with van der Waals surface area (Å²) in [7, 11) is 0. The Morgan fingerprint density at radius 2 is 2.09 bits per heavy atom. The highest BCUT2D eigenvalue weighted by Crippen LogP contribution is 2.01. The maximum atomic E-state index is 11.2. The van der Waals surface area contributed by atoms with Crippen LogP contribution in [0.25, 0.3) is 0 Å². The molecular weight excluding hydrogens is 140 g/mol. The first-order chi connectivity index (χ1) is 5.22. The van der Waals surface area contributed by atoms with E-state index < -0.39 is 0 Å². The van der Waals surface area contributed by atoms with E-state index in [0.717, 1.165) is 12.8 Å². The van der Waals surface area contributed by atoms with Gasteiger partial charge in [0.15, 0.2) is 5.78 Å². The Kier molecular flexibility index (Phi) is 6.13. The molecule has 0 saturated heterocycles. The van der Waals surface area contributed by atoms with Gasteiger partial charge in [-0.25, -0.2) is 0 Å². The summed E-state index contributed by atoms with van der Waals surface area (Å²) < 4.78 is 5.15. The zero-order valence-corrected chi connectivity index (χ0v) is 7.72. The minimum atomic E-state index is -0.202. The lowest BCUT2D eigenvalue weighted by Crippen LogP contribution is -2.20. The monoisotopic (exact) mass is 158 g/mol. The molecule has 0 unspecified atom stereocenters. The van der Waals surface area contributed by atoms with Crippen LogP contribution in [0.3, 0.4) is 0 Å². The summed E-state index contributed by atoms with van der Waals surface area (Å²) in [5, 5.41) is 0. The normalized spacial score (nSPS) is 13.0. The predicted octanol–water partition coefficient (Wildman–Crippen LogP) is 2.17. The number of Topliss-reactive ketones (excluding diaryl/α,β-unsaturated/α-hetero) is 1. The lowest BCUT2D eigenvalue weighted by atomic mass is 10.1. The molecular formula is C9H18O2. The average molecular weight is 158 g/mol. The van der Waals surface area contributed by atoms with Crippen LogP contribution in [0.2, 0.25) is 0 Å². The highest BCUT2D eigenvalue weighted by Gasteiger charge is 2.10. The lowest BCUT2D eigenvalue weighted by Gasteiger charge is -2.08. The second-order valence-electron chi connectivity index (χ2n) is 2.67. The van der Waals surface area contributed by atoms with Gasteiger partial charge in [-0.05, 0) is 20.3 Å². The molecule has 2 nitrogen and oxygen atoms in total. The molecule has 0 aromatic carbocycles. The number of carbonyl (C=O) groups is 1. The van der Waals surface area contributed by atoms with Gasteiger partial charge in [-0.3, -0.25) is 4.79 Å². The molecule has 0 bridgehead atoms. The molecule has 66 valence electrons. The smallest absolute Gasteiger partial charge is 0.161 e. The van der Waals surface area contributed by atoms with E-state index >= 15 is 0 Å². The first-order valence-electron chi connectivity index (χ1n) is 4.36. The summed E-state index contributed by atoms with van der Waals surface area (Å²) in [6.45, 7) is 6.43. The summed E-state index contributed by atoms with van der Waals surface area (Å²) in [5.41, 5.74) is 0. The van der Waals surface area contributed by atoms with Crippen molar-refractivity contribution in [2.75, 3.05) is 6.61 Å². The maximum absolute atomic E-state index is 11.2. The van der Waals surface area contributed by atoms with Gasteiger partial charge in [-0.1, -0.05) is 13.3 Å². The quantitative estimate of drug-likeness (QED) is 0.592. The van der Waals surface area contributed by atoms with Gasteiger partial charge in [0.1, 0.15) is 6.10 Å². The Morgan fingerprint density at radius 1 is 1.45 bits per heavy atom. The number of carbonyl (C=O) groups excluding carboxylic acids is 1. The molecule has 0 heterocycles. The SMILES string of the molecule is CCCCC(=O)[C@@H](C)OCC. The van der Waals surface area contributed by atoms with Crippen LogP contribution in [0.4, 0.5) is 0 Å². The van der Waals surface area contributed by atoms with Gasteiger partial charge in [0.05, 0.1) is 0 Å². The largest absolute Gasteiger partial charge is 0.371 e. The van der Waals surface area contributed by atoms with Crippen molar-refractivity contribution in [3.63, 3.8) is 0 Å². The lowest BCUT2D eigenvalue weighted by molar-refractivity contribution is -0.129. The number of hydrogen-bond acceptors (Lipinski definition) is 2. The zero-order chi connectivity index (χ0) is 8.69. The molecule has 0 aliphatic carbocycles. The Morgan fingerprint density at radius 3 is 2.55 bits per heavy atom. The van der Waals surface area contributed by atoms with Gasteiger partial charge in [0.2, 0.25) is 0 Å². The van der Waals surface area contributed by atoms with Crippen molar-refractivity contribution in [1.82, 2.24) is 0 Å². The topological polar surface area (TPSA) is 26.3 Å². The predicted molar refractivity (Wildman–Crippen MR) is 45.6 cm³/mol. The molecule has 2 heteroatoms. The third-order valence-corrected chi connectivity index (χ3v) is 1.65. The Bertz CT molecular complexity index is 110. The third kappa shape index (κ3) is 4.96. The third-order valence-electron chi connectivity index (χ3n) is 1.65. The van der Waals surface area contributed by atoms with E-state index in [4.69, 9.17) is 4.74 Å². The standard InChI is InChI=1S/C9H18O2/c1-4-6-7-9(10)8(3)11-5-2/h8H,4-7H2,1-3H3/t8-/m1/s1. The fourth-order valence-corrected chi connectivity index (χ4v) is 0.897. The van der Waals surface area contributed by atoms with Crippen molar-refractivity contribution in [3.05, 3.63) is 0 Å². The van der Waals surface area contributed by atoms with Gasteiger partial charge in [-0.2, -0.15) is 0 Å². The van der Waals surface area contributed by atoms with E-state index in [1.165, 1.54) is 0 Å². The van der Waals surface area contributed by atoms with Crippen LogP contribution in [0.5, 0.6) is 0 Å². The van der Waals surface area contributed by atoms with Gasteiger partial charge in [0, 0.05) is 13.0 Å². The zero-order valence-electron chi connectivity index (χ0n) is 7.72. The van der Waals surface area contributed by atoms with Crippen LogP contribution in [0.15, 0.2) is 0 Å². The number of hydrogen-bond donors (Lipinski definition) is 0. The van der Waals surface area contributed by atoms with Crippen LogP contribution in [-0.2, 0) is 9.53 Å². The fourth-order valence-electron chi connectivity index (χ4n) is 0.897. The molecule has 0 amide bonds. The molecule has 0 spiro atoms. The minimum Gasteiger partial charge on any atom is -0.371 e. The highest BCUT2D eigenvalue weighted by molar-refractivity contribution is 5.82. The van der Waals surface area contributed by atoms with Crippen LogP contribution in [-0.4, -0.2) is 18.5 Å². The minimum absolute atomic E-state index is 0.202. The van der Waals surface area contributed by atoms with Crippen LogP contribution >= 0.6 is 0 Å². The molecule has 11 heavy (non-hydrogen) atoms. The number of rotatable bonds is 6. The Hall–Kier alpha value is -0.370. The molecule has 0 aromatic heterocycles. The summed E-state index contributed by atoms with van der Waals surface area (Å²) >= 11 is 0. The van der Waals surface area contributed by atoms with Crippen LogP contribution in [0, 0.1) is 0 Å². The molecule has 0 aliphatic rings. The van der Waals surface area contributed by atoms with Crippen molar-refractivity contribution < 1.29 is 9.53 Å². The van der Waals surface area contributed by atoms with Crippen molar-refractivity contribution >= 4 is 5.78 Å². The molecule has 0 fully saturated rings. The molecule has 0 radical (unpaired) electrons. The summed E-state index contributed by atoms with van der Waals surface area (Å²) in [6.07, 6.45) is 2.52. The Balaban J connectivity index is 3.47. The van der Waals surface area contributed by atoms with E-state index in [9.17, 15) is 4.79 Å². The van der Waals surface area contributed by atoms with Gasteiger partial charge < -0.3 is 4.74 Å². The van der Waals surface area contributed by atoms with Crippen molar-refractivity contribution in [1.29, 1.82) is 0 Å². The van der Waals surface area contributed by atoms with Gasteiger partial charge in [-0.15, -0.1) is 0 Å². The summed E-state index contributed by atoms with van der Waals surface area (Å²) in [4.78, 5) is 11.2. The molecule has 0 N–H and O–H groups in total. The second-order valence-corrected chi connectivity index (χ2v) is 2.67. The number of ketones is 1. The summed E-state index contributed by atoms with van der Waals surface area (Å²) in [5.74, 6) is 0.230. The van der Waals surface area contributed by atoms with E-state index in [-0.39, 0.29) is 11.9 Å². The average Bonchev–Trinajstić information content (AvgIpc) is 2.00. The highest BCUT2D eigenvalue weighted by atomic mass is 16.5. The second kappa shape index (κ2) is 6.35. The number of unbranched alkanes of at least 4 members (excludes halogenated alkanes) is 1. The van der Waals surface area contributed by atoms with Crippen LogP contribution in [0.1, 0.15) is 40.0 Å². The van der Waals surface area contributed by atoms with E-state index in [0.29, 0.717) is 13.0 Å². The first-order valence-corrected chi connectivity index (χ1v) is 4.36. The van der Waals surface area contributed by atoms with Crippen molar-refractivity contribution in [3.8, 4) is 0 Å². The molecule has 0 rings (SSSR count). The maximum Gasteiger partial charge on any atom is 0.161 e. The molecule has 1 atom stereocenters. The van der Waals surface area contributed by atoms with E-state index in [2.05, 4.69) is 6.92 Å². The van der Waals surface area contributed by atoms with Crippen molar-refractivity contribution in [2.24, 2.45) is 0 Å². The van der Waals surface area contributed by atoms with Crippen molar-refractivity contribution in [2.45, 2.75) is 46.1 Å². The van der Waals surface area contributed by atoms with E-state index in [1.807, 2.05) is 13.8 Å². The fraction of sp³-hybridized carbons (Fsp3) is 0.889. The Labute approximate surface area is 68.9 Å². The van der Waals surface area contributed by atoms with E-state index in [1.54, 1.807) is 0 Å². The number of ether oxygens (including phenoxy) is 1. The van der Waals surface area contributed by atoms with Gasteiger partial charge >= 0.3 is 0 Å².